The lowest BCUT2D eigenvalue weighted by atomic mass is 10.1. The molecule has 2 aromatic rings. The summed E-state index contributed by atoms with van der Waals surface area (Å²) in [5.41, 5.74) is -0.0123. The molecule has 0 fully saturated rings. The van der Waals surface area contributed by atoms with Gasteiger partial charge in [0.15, 0.2) is 6.10 Å². The van der Waals surface area contributed by atoms with E-state index in [-0.39, 0.29) is 5.56 Å². The number of aliphatic hydroxyl groups excluding tert-OH is 1. The Hall–Kier alpha value is -2.21. The summed E-state index contributed by atoms with van der Waals surface area (Å²) in [5.74, 6) is 0.158. The van der Waals surface area contributed by atoms with E-state index in [1.807, 2.05) is 10.8 Å². The molecule has 1 aromatic heterocycles. The quantitative estimate of drug-likeness (QED) is 0.770. The second-order valence-corrected chi connectivity index (χ2v) is 5.70. The lowest BCUT2D eigenvalue weighted by molar-refractivity contribution is -0.129. The second-order valence-electron chi connectivity index (χ2n) is 5.70. The van der Waals surface area contributed by atoms with E-state index in [0.717, 1.165) is 12.4 Å². The van der Waals surface area contributed by atoms with Crippen LogP contribution in [0.5, 0.6) is 0 Å². The Bertz CT molecular complexity index is 655. The van der Waals surface area contributed by atoms with Gasteiger partial charge < -0.3 is 15.0 Å². The molecule has 0 aliphatic carbocycles. The minimum Gasteiger partial charge on any atom is -0.378 e. The maximum atomic E-state index is 13.5. The van der Waals surface area contributed by atoms with Crippen LogP contribution in [0.15, 0.2) is 36.7 Å². The molecule has 23 heavy (non-hydrogen) atoms. The van der Waals surface area contributed by atoms with Crippen molar-refractivity contribution in [3.05, 3.63) is 53.9 Å². The molecule has 1 heterocycles. The molecular formula is C17H22FN3O2. The Labute approximate surface area is 135 Å². The Balaban J connectivity index is 1.81. The fourth-order valence-electron chi connectivity index (χ4n) is 2.41. The number of carbonyl (C=O) groups is 1. The predicted molar refractivity (Wildman–Crippen MR) is 85.3 cm³/mol. The summed E-state index contributed by atoms with van der Waals surface area (Å²) in [6, 6.07) is 5.72. The van der Waals surface area contributed by atoms with Crippen LogP contribution in [0.2, 0.25) is 0 Å². The molecule has 124 valence electrons. The highest BCUT2D eigenvalue weighted by molar-refractivity contribution is 5.81. The summed E-state index contributed by atoms with van der Waals surface area (Å²) in [6.07, 6.45) is 2.88. The largest absolute Gasteiger partial charge is 0.378 e. The van der Waals surface area contributed by atoms with E-state index in [1.165, 1.54) is 18.2 Å². The topological polar surface area (TPSA) is 67.2 Å². The van der Waals surface area contributed by atoms with Crippen LogP contribution < -0.4 is 5.32 Å². The molecule has 0 saturated heterocycles. The zero-order valence-electron chi connectivity index (χ0n) is 13.4. The molecule has 0 aliphatic heterocycles. The van der Waals surface area contributed by atoms with Crippen molar-refractivity contribution in [1.29, 1.82) is 0 Å². The molecule has 1 amide bonds. The van der Waals surface area contributed by atoms with Crippen LogP contribution in [-0.4, -0.2) is 27.1 Å². The second kappa shape index (κ2) is 7.87. The summed E-state index contributed by atoms with van der Waals surface area (Å²) in [7, 11) is 0. The van der Waals surface area contributed by atoms with Gasteiger partial charge in [-0.15, -0.1) is 0 Å². The molecule has 0 spiro atoms. The maximum absolute atomic E-state index is 13.5. The Morgan fingerprint density at radius 2 is 2.13 bits per heavy atom. The molecule has 0 radical (unpaired) electrons. The third kappa shape index (κ3) is 4.39. The van der Waals surface area contributed by atoms with Crippen LogP contribution in [0.25, 0.3) is 0 Å². The van der Waals surface area contributed by atoms with Gasteiger partial charge in [0.05, 0.1) is 0 Å². The number of aryl methyl sites for hydroxylation is 1. The number of aromatic nitrogens is 2. The zero-order valence-corrected chi connectivity index (χ0v) is 13.4. The predicted octanol–water partition coefficient (Wildman–Crippen LogP) is 2.39. The van der Waals surface area contributed by atoms with Gasteiger partial charge in [0.2, 0.25) is 0 Å². The molecule has 2 rings (SSSR count). The third-order valence-electron chi connectivity index (χ3n) is 3.59. The van der Waals surface area contributed by atoms with Gasteiger partial charge in [0.1, 0.15) is 11.6 Å². The molecule has 6 heteroatoms. The molecule has 5 nitrogen and oxygen atoms in total. The van der Waals surface area contributed by atoms with Crippen molar-refractivity contribution in [3.63, 3.8) is 0 Å². The number of rotatable bonds is 7. The van der Waals surface area contributed by atoms with Crippen molar-refractivity contribution in [2.45, 2.75) is 38.8 Å². The lowest BCUT2D eigenvalue weighted by Crippen LogP contribution is -2.31. The Kier molecular flexibility index (Phi) is 5.87. The summed E-state index contributed by atoms with van der Waals surface area (Å²) in [5, 5.41) is 12.5. The number of halogens is 1. The molecule has 1 unspecified atom stereocenters. The van der Waals surface area contributed by atoms with Crippen molar-refractivity contribution in [3.8, 4) is 0 Å². The number of imidazole rings is 1. The monoisotopic (exact) mass is 319 g/mol. The number of carbonyl (C=O) groups excluding carboxylic acids is 1. The highest BCUT2D eigenvalue weighted by atomic mass is 19.1. The summed E-state index contributed by atoms with van der Waals surface area (Å²) < 4.78 is 15.6. The van der Waals surface area contributed by atoms with Crippen molar-refractivity contribution in [2.75, 3.05) is 6.54 Å². The van der Waals surface area contributed by atoms with E-state index in [2.05, 4.69) is 24.1 Å². The average molecular weight is 319 g/mol. The molecule has 2 N–H and O–H groups in total. The standard InChI is InChI=1S/C17H22FN3O2/c1-12(2)16-19-9-11-21(16)10-5-8-20-17(23)15(22)13-6-3-4-7-14(13)18/h3-4,6-7,9,11-12,15,22H,5,8,10H2,1-2H3,(H,20,23). The molecule has 0 aliphatic rings. The van der Waals surface area contributed by atoms with Gasteiger partial charge >= 0.3 is 0 Å². The highest BCUT2D eigenvalue weighted by Crippen LogP contribution is 2.16. The van der Waals surface area contributed by atoms with Crippen LogP contribution in [0.4, 0.5) is 4.39 Å². The van der Waals surface area contributed by atoms with E-state index in [0.29, 0.717) is 18.9 Å². The first-order valence-corrected chi connectivity index (χ1v) is 7.72. The average Bonchev–Trinajstić information content (AvgIpc) is 3.00. The minimum absolute atomic E-state index is 0.0123. The highest BCUT2D eigenvalue weighted by Gasteiger charge is 2.19. The van der Waals surface area contributed by atoms with E-state index in [4.69, 9.17) is 0 Å². The number of nitrogens with one attached hydrogen (secondary N) is 1. The number of nitrogens with zero attached hydrogens (tertiary/aromatic N) is 2. The van der Waals surface area contributed by atoms with E-state index in [1.54, 1.807) is 12.3 Å². The lowest BCUT2D eigenvalue weighted by Gasteiger charge is -2.13. The number of hydrogen-bond donors (Lipinski definition) is 2. The SMILES string of the molecule is CC(C)c1nccn1CCCNC(=O)C(O)c1ccccc1F. The van der Waals surface area contributed by atoms with Crippen molar-refractivity contribution in [2.24, 2.45) is 0 Å². The van der Waals surface area contributed by atoms with Gasteiger partial charge in [-0.3, -0.25) is 4.79 Å². The number of amides is 1. The van der Waals surface area contributed by atoms with Crippen molar-refractivity contribution >= 4 is 5.91 Å². The van der Waals surface area contributed by atoms with Crippen LogP contribution in [-0.2, 0) is 11.3 Å². The number of hydrogen-bond acceptors (Lipinski definition) is 3. The van der Waals surface area contributed by atoms with E-state index >= 15 is 0 Å². The van der Waals surface area contributed by atoms with Gasteiger partial charge in [-0.2, -0.15) is 0 Å². The smallest absolute Gasteiger partial charge is 0.253 e. The molecule has 0 bridgehead atoms. The Morgan fingerprint density at radius 1 is 1.39 bits per heavy atom. The first-order chi connectivity index (χ1) is 11.0. The third-order valence-corrected chi connectivity index (χ3v) is 3.59. The van der Waals surface area contributed by atoms with E-state index < -0.39 is 17.8 Å². The maximum Gasteiger partial charge on any atom is 0.253 e. The summed E-state index contributed by atoms with van der Waals surface area (Å²) in [6.45, 7) is 5.28. The van der Waals surface area contributed by atoms with Gasteiger partial charge in [-0.05, 0) is 12.5 Å². The van der Waals surface area contributed by atoms with Crippen LogP contribution >= 0.6 is 0 Å². The first-order valence-electron chi connectivity index (χ1n) is 7.72. The fourth-order valence-corrected chi connectivity index (χ4v) is 2.41. The van der Waals surface area contributed by atoms with Crippen LogP contribution in [0, 0.1) is 5.82 Å². The van der Waals surface area contributed by atoms with Gasteiger partial charge in [0.25, 0.3) is 5.91 Å². The van der Waals surface area contributed by atoms with Crippen LogP contribution in [0.3, 0.4) is 0 Å². The molecule has 0 saturated carbocycles. The minimum atomic E-state index is -1.49. The van der Waals surface area contributed by atoms with Gasteiger partial charge in [0, 0.05) is 37.0 Å². The van der Waals surface area contributed by atoms with Crippen molar-refractivity contribution < 1.29 is 14.3 Å². The van der Waals surface area contributed by atoms with Crippen LogP contribution in [0.1, 0.15) is 43.7 Å². The fraction of sp³-hybridized carbons (Fsp3) is 0.412. The number of benzene rings is 1. The number of aliphatic hydroxyl groups is 1. The first kappa shape index (κ1) is 17.1. The van der Waals surface area contributed by atoms with Gasteiger partial charge in [-0.25, -0.2) is 9.37 Å². The molecule has 1 atom stereocenters. The Morgan fingerprint density at radius 3 is 2.83 bits per heavy atom. The molecule has 1 aromatic carbocycles. The van der Waals surface area contributed by atoms with Gasteiger partial charge in [-0.1, -0.05) is 32.0 Å². The van der Waals surface area contributed by atoms with Crippen molar-refractivity contribution in [1.82, 2.24) is 14.9 Å². The van der Waals surface area contributed by atoms with E-state index in [9.17, 15) is 14.3 Å². The summed E-state index contributed by atoms with van der Waals surface area (Å²) >= 11 is 0. The zero-order chi connectivity index (χ0) is 16.8. The summed E-state index contributed by atoms with van der Waals surface area (Å²) in [4.78, 5) is 16.2. The molecular weight excluding hydrogens is 297 g/mol. The normalized spacial score (nSPS) is 12.4.